The number of likely N-dealkylation sites (tertiary alicyclic amines) is 1. The van der Waals surface area contributed by atoms with Crippen LogP contribution in [-0.2, 0) is 0 Å². The molecule has 2 unspecified atom stereocenters. The summed E-state index contributed by atoms with van der Waals surface area (Å²) in [5, 5.41) is 10.5. The van der Waals surface area contributed by atoms with Crippen LogP contribution in [0.5, 0.6) is 0 Å². The molecule has 0 aromatic carbocycles. The van der Waals surface area contributed by atoms with Crippen LogP contribution in [0.3, 0.4) is 0 Å². The average Bonchev–Trinajstić information content (AvgIpc) is 2.75. The van der Waals surface area contributed by atoms with Gasteiger partial charge in [0.2, 0.25) is 0 Å². The first-order valence-corrected chi connectivity index (χ1v) is 8.77. The number of hydrogen-bond donors (Lipinski definition) is 3. The average molecular weight is 312 g/mol. The molecular formula is C17H37N5. The highest BCUT2D eigenvalue weighted by Gasteiger charge is 2.31. The van der Waals surface area contributed by atoms with Gasteiger partial charge in [-0.05, 0) is 47.5 Å². The van der Waals surface area contributed by atoms with Crippen molar-refractivity contribution in [2.75, 3.05) is 32.7 Å². The van der Waals surface area contributed by atoms with Crippen molar-refractivity contribution in [3.8, 4) is 0 Å². The minimum atomic E-state index is 0.152. The van der Waals surface area contributed by atoms with Crippen molar-refractivity contribution in [2.24, 2.45) is 10.9 Å². The molecule has 3 N–H and O–H groups in total. The fourth-order valence-electron chi connectivity index (χ4n) is 2.71. The SMILES string of the molecule is CCNC(=NCCNC(C)(C)C)NC1CN(C(C)C)CC1C. The van der Waals surface area contributed by atoms with Gasteiger partial charge in [-0.3, -0.25) is 9.89 Å². The number of nitrogens with one attached hydrogen (secondary N) is 3. The van der Waals surface area contributed by atoms with Crippen LogP contribution in [0.2, 0.25) is 0 Å². The molecule has 22 heavy (non-hydrogen) atoms. The maximum atomic E-state index is 4.70. The summed E-state index contributed by atoms with van der Waals surface area (Å²) in [4.78, 5) is 7.23. The topological polar surface area (TPSA) is 51.7 Å². The lowest BCUT2D eigenvalue weighted by Crippen LogP contribution is -2.47. The zero-order valence-corrected chi connectivity index (χ0v) is 15.7. The Morgan fingerprint density at radius 2 is 1.95 bits per heavy atom. The van der Waals surface area contributed by atoms with E-state index in [9.17, 15) is 0 Å². The summed E-state index contributed by atoms with van der Waals surface area (Å²) >= 11 is 0. The van der Waals surface area contributed by atoms with E-state index in [1.807, 2.05) is 0 Å². The summed E-state index contributed by atoms with van der Waals surface area (Å²) in [5.74, 6) is 1.60. The van der Waals surface area contributed by atoms with E-state index >= 15 is 0 Å². The highest BCUT2D eigenvalue weighted by atomic mass is 15.3. The second kappa shape index (κ2) is 8.73. The predicted octanol–water partition coefficient (Wildman–Crippen LogP) is 1.66. The Morgan fingerprint density at radius 3 is 2.45 bits per heavy atom. The Kier molecular flexibility index (Phi) is 7.63. The first kappa shape index (κ1) is 19.2. The van der Waals surface area contributed by atoms with Crippen LogP contribution in [0.1, 0.15) is 48.5 Å². The first-order valence-electron chi connectivity index (χ1n) is 8.77. The fraction of sp³-hybridized carbons (Fsp3) is 0.941. The van der Waals surface area contributed by atoms with E-state index in [1.165, 1.54) is 6.54 Å². The van der Waals surface area contributed by atoms with E-state index in [0.29, 0.717) is 18.0 Å². The summed E-state index contributed by atoms with van der Waals surface area (Å²) in [7, 11) is 0. The van der Waals surface area contributed by atoms with Crippen LogP contribution in [0.15, 0.2) is 4.99 Å². The molecule has 0 radical (unpaired) electrons. The molecule has 0 aromatic rings. The van der Waals surface area contributed by atoms with E-state index in [2.05, 4.69) is 69.3 Å². The van der Waals surface area contributed by atoms with Crippen molar-refractivity contribution in [1.82, 2.24) is 20.9 Å². The Balaban J connectivity index is 2.49. The van der Waals surface area contributed by atoms with Gasteiger partial charge in [0.15, 0.2) is 5.96 Å². The minimum Gasteiger partial charge on any atom is -0.357 e. The zero-order chi connectivity index (χ0) is 16.8. The van der Waals surface area contributed by atoms with Gasteiger partial charge in [-0.25, -0.2) is 0 Å². The van der Waals surface area contributed by atoms with E-state index in [4.69, 9.17) is 4.99 Å². The van der Waals surface area contributed by atoms with Gasteiger partial charge in [-0.15, -0.1) is 0 Å². The van der Waals surface area contributed by atoms with Crippen LogP contribution in [0.25, 0.3) is 0 Å². The maximum Gasteiger partial charge on any atom is 0.191 e. The molecule has 1 aliphatic heterocycles. The molecule has 0 bridgehead atoms. The van der Waals surface area contributed by atoms with Crippen molar-refractivity contribution < 1.29 is 0 Å². The first-order chi connectivity index (χ1) is 10.2. The second-order valence-corrected chi connectivity index (χ2v) is 7.71. The van der Waals surface area contributed by atoms with Crippen LogP contribution in [0.4, 0.5) is 0 Å². The summed E-state index contributed by atoms with van der Waals surface area (Å²) in [6.07, 6.45) is 0. The molecule has 0 saturated carbocycles. The van der Waals surface area contributed by atoms with Crippen molar-refractivity contribution in [1.29, 1.82) is 0 Å². The number of rotatable bonds is 6. The molecule has 1 rings (SSSR count). The summed E-state index contributed by atoms with van der Waals surface area (Å²) in [5.41, 5.74) is 0.152. The summed E-state index contributed by atoms with van der Waals surface area (Å²) in [6, 6.07) is 1.10. The molecule has 5 heteroatoms. The molecule has 1 saturated heterocycles. The van der Waals surface area contributed by atoms with Crippen molar-refractivity contribution >= 4 is 5.96 Å². The maximum absolute atomic E-state index is 4.70. The Bertz CT molecular complexity index is 345. The predicted molar refractivity (Wildman–Crippen MR) is 96.5 cm³/mol. The van der Waals surface area contributed by atoms with Gasteiger partial charge < -0.3 is 16.0 Å². The monoisotopic (exact) mass is 311 g/mol. The molecule has 130 valence electrons. The molecule has 2 atom stereocenters. The standard InChI is InChI=1S/C17H37N5/c1-8-18-16(19-9-10-20-17(5,6)7)21-15-12-22(13(2)3)11-14(15)4/h13-15,20H,8-12H2,1-7H3,(H2,18,19,21). The number of guanidine groups is 1. The molecule has 0 amide bonds. The zero-order valence-electron chi connectivity index (χ0n) is 15.7. The Hall–Kier alpha value is -0.810. The highest BCUT2D eigenvalue weighted by molar-refractivity contribution is 5.80. The van der Waals surface area contributed by atoms with Crippen LogP contribution >= 0.6 is 0 Å². The van der Waals surface area contributed by atoms with Crippen LogP contribution < -0.4 is 16.0 Å². The summed E-state index contributed by atoms with van der Waals surface area (Å²) < 4.78 is 0. The van der Waals surface area contributed by atoms with Gasteiger partial charge in [0.05, 0.1) is 6.54 Å². The van der Waals surface area contributed by atoms with Gasteiger partial charge >= 0.3 is 0 Å². The smallest absolute Gasteiger partial charge is 0.191 e. The van der Waals surface area contributed by atoms with Gasteiger partial charge in [0.25, 0.3) is 0 Å². The van der Waals surface area contributed by atoms with Gasteiger partial charge in [0.1, 0.15) is 0 Å². The van der Waals surface area contributed by atoms with Crippen molar-refractivity contribution in [3.63, 3.8) is 0 Å². The van der Waals surface area contributed by atoms with E-state index < -0.39 is 0 Å². The molecule has 0 spiro atoms. The van der Waals surface area contributed by atoms with Crippen LogP contribution in [-0.4, -0.2) is 61.2 Å². The Morgan fingerprint density at radius 1 is 1.27 bits per heavy atom. The summed E-state index contributed by atoms with van der Waals surface area (Å²) in [6.45, 7) is 20.4. The second-order valence-electron chi connectivity index (χ2n) is 7.71. The number of nitrogens with zero attached hydrogens (tertiary/aromatic N) is 2. The minimum absolute atomic E-state index is 0.152. The van der Waals surface area contributed by atoms with Crippen molar-refractivity contribution in [2.45, 2.75) is 66.1 Å². The van der Waals surface area contributed by atoms with Crippen molar-refractivity contribution in [3.05, 3.63) is 0 Å². The quantitative estimate of drug-likeness (QED) is 0.397. The lowest BCUT2D eigenvalue weighted by Gasteiger charge is -2.22. The van der Waals surface area contributed by atoms with Crippen LogP contribution in [0, 0.1) is 5.92 Å². The largest absolute Gasteiger partial charge is 0.357 e. The normalized spacial score (nSPS) is 24.1. The van der Waals surface area contributed by atoms with E-state index in [0.717, 1.165) is 32.1 Å². The molecule has 1 aliphatic rings. The Labute approximate surface area is 137 Å². The molecule has 0 aromatic heterocycles. The lowest BCUT2D eigenvalue weighted by molar-refractivity contribution is 0.265. The third-order valence-electron chi connectivity index (χ3n) is 4.07. The van der Waals surface area contributed by atoms with Gasteiger partial charge in [-0.1, -0.05) is 6.92 Å². The number of aliphatic imine (C=N–C) groups is 1. The number of hydrogen-bond acceptors (Lipinski definition) is 3. The third-order valence-corrected chi connectivity index (χ3v) is 4.07. The fourth-order valence-corrected chi connectivity index (χ4v) is 2.71. The van der Waals surface area contributed by atoms with Gasteiger partial charge in [0, 0.05) is 43.8 Å². The highest BCUT2D eigenvalue weighted by Crippen LogP contribution is 2.18. The van der Waals surface area contributed by atoms with E-state index in [-0.39, 0.29) is 5.54 Å². The molecule has 5 nitrogen and oxygen atoms in total. The lowest BCUT2D eigenvalue weighted by atomic mass is 10.1. The molecular weight excluding hydrogens is 274 g/mol. The molecule has 1 fully saturated rings. The van der Waals surface area contributed by atoms with E-state index in [1.54, 1.807) is 0 Å². The molecule has 0 aliphatic carbocycles. The third kappa shape index (κ3) is 6.97. The van der Waals surface area contributed by atoms with Gasteiger partial charge in [-0.2, -0.15) is 0 Å². The molecule has 1 heterocycles.